The minimum Gasteiger partial charge on any atom is -0.393 e. The standard InChI is InChI=1S/C17H31N5OS.HI/c1-4-18-17(20-12-16-13(2)21-14(3)24-16)19-8-5-9-22-10-6-15(23)7-11-22;/h15,23H,4-12H2,1-3H3,(H2,18,19,20);1H. The van der Waals surface area contributed by atoms with Gasteiger partial charge in [0.15, 0.2) is 5.96 Å². The summed E-state index contributed by atoms with van der Waals surface area (Å²) in [6.45, 7) is 11.7. The zero-order valence-electron chi connectivity index (χ0n) is 15.5. The van der Waals surface area contributed by atoms with Gasteiger partial charge < -0.3 is 20.6 Å². The third-order valence-electron chi connectivity index (χ3n) is 4.23. The first-order valence-electron chi connectivity index (χ1n) is 8.94. The summed E-state index contributed by atoms with van der Waals surface area (Å²) in [5.41, 5.74) is 1.09. The summed E-state index contributed by atoms with van der Waals surface area (Å²) in [5.74, 6) is 0.872. The van der Waals surface area contributed by atoms with Crippen LogP contribution in [-0.4, -0.2) is 59.8 Å². The molecule has 0 unspecified atom stereocenters. The number of guanidine groups is 1. The molecule has 8 heteroatoms. The number of hydrogen-bond donors (Lipinski definition) is 3. The smallest absolute Gasteiger partial charge is 0.191 e. The summed E-state index contributed by atoms with van der Waals surface area (Å²) >= 11 is 1.72. The van der Waals surface area contributed by atoms with Gasteiger partial charge in [0.1, 0.15) is 0 Å². The van der Waals surface area contributed by atoms with Crippen molar-refractivity contribution in [2.75, 3.05) is 32.7 Å². The van der Waals surface area contributed by atoms with Crippen LogP contribution in [0.25, 0.3) is 0 Å². The zero-order chi connectivity index (χ0) is 17.4. The first kappa shape index (κ1) is 22.6. The largest absolute Gasteiger partial charge is 0.393 e. The zero-order valence-corrected chi connectivity index (χ0v) is 18.7. The van der Waals surface area contributed by atoms with Crippen LogP contribution in [0.1, 0.15) is 41.8 Å². The van der Waals surface area contributed by atoms with E-state index in [2.05, 4.69) is 32.4 Å². The van der Waals surface area contributed by atoms with Crippen LogP contribution >= 0.6 is 35.3 Å². The van der Waals surface area contributed by atoms with Gasteiger partial charge in [0, 0.05) is 31.1 Å². The normalized spacial score (nSPS) is 16.6. The number of piperidine rings is 1. The molecule has 1 fully saturated rings. The summed E-state index contributed by atoms with van der Waals surface area (Å²) in [6, 6.07) is 0. The van der Waals surface area contributed by atoms with Crippen molar-refractivity contribution in [3.8, 4) is 0 Å². The molecular formula is C17H32IN5OS. The number of hydrogen-bond acceptors (Lipinski definition) is 5. The van der Waals surface area contributed by atoms with Crippen molar-refractivity contribution in [1.29, 1.82) is 0 Å². The molecule has 144 valence electrons. The molecule has 0 spiro atoms. The molecule has 0 saturated carbocycles. The summed E-state index contributed by atoms with van der Waals surface area (Å²) in [4.78, 5) is 12.8. The van der Waals surface area contributed by atoms with E-state index in [-0.39, 0.29) is 30.1 Å². The number of aliphatic hydroxyl groups is 1. The van der Waals surface area contributed by atoms with Crippen LogP contribution < -0.4 is 10.6 Å². The minimum atomic E-state index is -0.0919. The Hall–Kier alpha value is -0.450. The monoisotopic (exact) mass is 481 g/mol. The second kappa shape index (κ2) is 12.0. The lowest BCUT2D eigenvalue weighted by atomic mass is 10.1. The predicted octanol–water partition coefficient (Wildman–Crippen LogP) is 2.28. The fraction of sp³-hybridized carbons (Fsp3) is 0.765. The molecule has 1 aromatic heterocycles. The number of nitrogens with zero attached hydrogens (tertiary/aromatic N) is 3. The lowest BCUT2D eigenvalue weighted by molar-refractivity contribution is 0.0823. The summed E-state index contributed by atoms with van der Waals surface area (Å²) in [7, 11) is 0. The fourth-order valence-corrected chi connectivity index (χ4v) is 3.73. The number of nitrogens with one attached hydrogen (secondary N) is 2. The predicted molar refractivity (Wildman–Crippen MR) is 116 cm³/mol. The molecular weight excluding hydrogens is 449 g/mol. The van der Waals surface area contributed by atoms with E-state index in [0.29, 0.717) is 6.54 Å². The van der Waals surface area contributed by atoms with Crippen LogP contribution in [0.15, 0.2) is 4.99 Å². The fourth-order valence-electron chi connectivity index (χ4n) is 2.87. The first-order valence-corrected chi connectivity index (χ1v) is 9.75. The molecule has 25 heavy (non-hydrogen) atoms. The van der Waals surface area contributed by atoms with Crippen molar-refractivity contribution in [1.82, 2.24) is 20.5 Å². The van der Waals surface area contributed by atoms with Gasteiger partial charge in [-0.2, -0.15) is 0 Å². The number of halogens is 1. The van der Waals surface area contributed by atoms with Crippen molar-refractivity contribution in [2.45, 2.75) is 52.7 Å². The highest BCUT2D eigenvalue weighted by atomic mass is 127. The maximum Gasteiger partial charge on any atom is 0.191 e. The molecule has 0 atom stereocenters. The van der Waals surface area contributed by atoms with E-state index in [0.717, 1.165) is 68.6 Å². The average Bonchev–Trinajstić information content (AvgIpc) is 2.88. The van der Waals surface area contributed by atoms with Crippen LogP contribution in [0.2, 0.25) is 0 Å². The number of aryl methyl sites for hydroxylation is 2. The van der Waals surface area contributed by atoms with Gasteiger partial charge >= 0.3 is 0 Å². The van der Waals surface area contributed by atoms with E-state index in [1.165, 1.54) is 4.88 Å². The maximum atomic E-state index is 9.54. The molecule has 2 rings (SSSR count). The highest BCUT2D eigenvalue weighted by molar-refractivity contribution is 14.0. The van der Waals surface area contributed by atoms with Gasteiger partial charge in [-0.15, -0.1) is 35.3 Å². The highest BCUT2D eigenvalue weighted by Crippen LogP contribution is 2.17. The highest BCUT2D eigenvalue weighted by Gasteiger charge is 2.16. The maximum absolute atomic E-state index is 9.54. The molecule has 1 saturated heterocycles. The van der Waals surface area contributed by atoms with Gasteiger partial charge in [0.05, 0.1) is 23.4 Å². The number of aromatic nitrogens is 1. The van der Waals surface area contributed by atoms with Gasteiger partial charge in [0.25, 0.3) is 0 Å². The number of likely N-dealkylation sites (tertiary alicyclic amines) is 1. The second-order valence-electron chi connectivity index (χ2n) is 6.29. The Labute approximate surface area is 172 Å². The van der Waals surface area contributed by atoms with Gasteiger partial charge in [-0.3, -0.25) is 0 Å². The van der Waals surface area contributed by atoms with Crippen LogP contribution in [0, 0.1) is 13.8 Å². The molecule has 1 aromatic rings. The average molecular weight is 481 g/mol. The van der Waals surface area contributed by atoms with E-state index in [4.69, 9.17) is 0 Å². The van der Waals surface area contributed by atoms with Crippen LogP contribution in [0.3, 0.4) is 0 Å². The van der Waals surface area contributed by atoms with Crippen LogP contribution in [0.4, 0.5) is 0 Å². The molecule has 2 heterocycles. The molecule has 0 amide bonds. The molecule has 1 aliphatic heterocycles. The Balaban J connectivity index is 0.00000312. The van der Waals surface area contributed by atoms with Crippen molar-refractivity contribution >= 4 is 41.3 Å². The third kappa shape index (κ3) is 8.19. The molecule has 1 aliphatic rings. The van der Waals surface area contributed by atoms with Crippen LogP contribution in [-0.2, 0) is 6.54 Å². The lowest BCUT2D eigenvalue weighted by Crippen LogP contribution is -2.40. The van der Waals surface area contributed by atoms with E-state index in [9.17, 15) is 5.11 Å². The molecule has 0 aliphatic carbocycles. The summed E-state index contributed by atoms with van der Waals surface area (Å²) in [6.07, 6.45) is 2.81. The molecule has 6 nitrogen and oxygen atoms in total. The Bertz CT molecular complexity index is 529. The van der Waals surface area contributed by atoms with Crippen molar-refractivity contribution < 1.29 is 5.11 Å². The Morgan fingerprint density at radius 3 is 2.64 bits per heavy atom. The van der Waals surface area contributed by atoms with E-state index in [1.54, 1.807) is 11.3 Å². The number of rotatable bonds is 7. The quantitative estimate of drug-likeness (QED) is 0.241. The van der Waals surface area contributed by atoms with Crippen molar-refractivity contribution in [3.63, 3.8) is 0 Å². The summed E-state index contributed by atoms with van der Waals surface area (Å²) in [5, 5.41) is 17.3. The van der Waals surface area contributed by atoms with E-state index < -0.39 is 0 Å². The van der Waals surface area contributed by atoms with Gasteiger partial charge in [0.2, 0.25) is 0 Å². The van der Waals surface area contributed by atoms with Crippen molar-refractivity contribution in [3.05, 3.63) is 15.6 Å². The van der Waals surface area contributed by atoms with Gasteiger partial charge in [-0.25, -0.2) is 9.98 Å². The third-order valence-corrected chi connectivity index (χ3v) is 5.28. The van der Waals surface area contributed by atoms with E-state index in [1.807, 2.05) is 13.8 Å². The number of aliphatic imine (C=N–C) groups is 1. The molecule has 3 N–H and O–H groups in total. The van der Waals surface area contributed by atoms with Gasteiger partial charge in [-0.05, 0) is 46.6 Å². The summed E-state index contributed by atoms with van der Waals surface area (Å²) < 4.78 is 0. The van der Waals surface area contributed by atoms with E-state index >= 15 is 0 Å². The number of thiazole rings is 1. The minimum absolute atomic E-state index is 0. The van der Waals surface area contributed by atoms with Crippen LogP contribution in [0.5, 0.6) is 0 Å². The lowest BCUT2D eigenvalue weighted by Gasteiger charge is -2.29. The first-order chi connectivity index (χ1) is 11.6. The molecule has 0 bridgehead atoms. The Kier molecular flexibility index (Phi) is 10.9. The Morgan fingerprint density at radius 1 is 1.32 bits per heavy atom. The van der Waals surface area contributed by atoms with Crippen molar-refractivity contribution in [2.24, 2.45) is 4.99 Å². The second-order valence-corrected chi connectivity index (χ2v) is 7.58. The Morgan fingerprint density at radius 2 is 2.04 bits per heavy atom. The molecule has 0 aromatic carbocycles. The number of aliphatic hydroxyl groups excluding tert-OH is 1. The topological polar surface area (TPSA) is 72.8 Å². The van der Waals surface area contributed by atoms with Gasteiger partial charge in [-0.1, -0.05) is 0 Å². The molecule has 0 radical (unpaired) electrons. The SMILES string of the molecule is CCNC(=NCc1sc(C)nc1C)NCCCN1CCC(O)CC1.I.